The molecule has 1 atom stereocenters. The van der Waals surface area contributed by atoms with Gasteiger partial charge in [0, 0.05) is 32.2 Å². The second-order valence-electron chi connectivity index (χ2n) is 5.82. The number of piperazine rings is 1. The lowest BCUT2D eigenvalue weighted by atomic mass is 10.0. The van der Waals surface area contributed by atoms with Crippen LogP contribution in [0.15, 0.2) is 47.6 Å². The number of nitrogens with zero attached hydrogens (tertiary/aromatic N) is 1. The Morgan fingerprint density at radius 2 is 1.96 bits per heavy atom. The van der Waals surface area contributed by atoms with E-state index in [0.29, 0.717) is 6.04 Å². The molecule has 0 aromatic heterocycles. The second kappa shape index (κ2) is 14.5. The summed E-state index contributed by atoms with van der Waals surface area (Å²) in [6.45, 7) is 17.1. The summed E-state index contributed by atoms with van der Waals surface area (Å²) in [4.78, 5) is 2.57. The molecule has 132 valence electrons. The van der Waals surface area contributed by atoms with Crippen molar-refractivity contribution in [1.29, 1.82) is 0 Å². The summed E-state index contributed by atoms with van der Waals surface area (Å²) in [5, 5.41) is 3.66. The van der Waals surface area contributed by atoms with Crippen molar-refractivity contribution in [2.45, 2.75) is 60.4 Å². The Labute approximate surface area is 145 Å². The Hall–Kier alpha value is -1.12. The van der Waals surface area contributed by atoms with Gasteiger partial charge in [0.05, 0.1) is 0 Å². The van der Waals surface area contributed by atoms with E-state index in [0.717, 1.165) is 39.0 Å². The van der Waals surface area contributed by atoms with Crippen molar-refractivity contribution >= 4 is 0 Å². The predicted octanol–water partition coefficient (Wildman–Crippen LogP) is 5.11. The second-order valence-corrected chi connectivity index (χ2v) is 5.82. The van der Waals surface area contributed by atoms with Gasteiger partial charge in [-0.1, -0.05) is 68.4 Å². The van der Waals surface area contributed by atoms with Gasteiger partial charge in [0.1, 0.15) is 0 Å². The van der Waals surface area contributed by atoms with Crippen molar-refractivity contribution < 1.29 is 0 Å². The summed E-state index contributed by atoms with van der Waals surface area (Å²) >= 11 is 0. The fourth-order valence-electron chi connectivity index (χ4n) is 2.82. The lowest BCUT2D eigenvalue weighted by Gasteiger charge is -2.34. The normalized spacial score (nSPS) is 20.9. The van der Waals surface area contributed by atoms with E-state index in [1.54, 1.807) is 0 Å². The maximum Gasteiger partial charge on any atom is 0.0235 e. The molecule has 1 aliphatic rings. The topological polar surface area (TPSA) is 15.3 Å². The molecule has 1 fully saturated rings. The van der Waals surface area contributed by atoms with Crippen LogP contribution in [0.5, 0.6) is 0 Å². The Kier molecular flexibility index (Phi) is 13.8. The average Bonchev–Trinajstić information content (AvgIpc) is 2.55. The van der Waals surface area contributed by atoms with Gasteiger partial charge < -0.3 is 5.32 Å². The molecule has 0 aliphatic carbocycles. The molecule has 0 radical (unpaired) electrons. The first kappa shape index (κ1) is 21.9. The smallest absolute Gasteiger partial charge is 0.0235 e. The van der Waals surface area contributed by atoms with Gasteiger partial charge in [-0.2, -0.15) is 0 Å². The third kappa shape index (κ3) is 10.3. The SMILES string of the molecule is C/C=C\C=C(/C)CN1CCNC(CC(/C=C\C)=C/CC)C1.CC. The third-order valence-electron chi connectivity index (χ3n) is 3.71. The fourth-order valence-corrected chi connectivity index (χ4v) is 2.82. The molecule has 0 bridgehead atoms. The molecule has 23 heavy (non-hydrogen) atoms. The maximum absolute atomic E-state index is 3.66. The zero-order chi connectivity index (χ0) is 17.5. The molecule has 1 rings (SSSR count). The molecule has 1 saturated heterocycles. The van der Waals surface area contributed by atoms with Gasteiger partial charge in [-0.05, 0) is 33.6 Å². The summed E-state index contributed by atoms with van der Waals surface area (Å²) in [5.41, 5.74) is 2.90. The van der Waals surface area contributed by atoms with Gasteiger partial charge in [0.25, 0.3) is 0 Å². The maximum atomic E-state index is 3.66. The van der Waals surface area contributed by atoms with E-state index in [-0.39, 0.29) is 0 Å². The molecular formula is C21H38N2. The number of allylic oxidation sites excluding steroid dienone is 6. The minimum Gasteiger partial charge on any atom is -0.311 e. The van der Waals surface area contributed by atoms with Gasteiger partial charge in [-0.25, -0.2) is 0 Å². The van der Waals surface area contributed by atoms with Crippen LogP contribution in [0.2, 0.25) is 0 Å². The van der Waals surface area contributed by atoms with E-state index < -0.39 is 0 Å². The molecule has 0 saturated carbocycles. The molecule has 1 unspecified atom stereocenters. The summed E-state index contributed by atoms with van der Waals surface area (Å²) in [6, 6.07) is 0.572. The van der Waals surface area contributed by atoms with E-state index in [2.05, 4.69) is 74.4 Å². The van der Waals surface area contributed by atoms with E-state index in [1.807, 2.05) is 13.8 Å². The number of rotatable bonds is 7. The van der Waals surface area contributed by atoms with Crippen molar-refractivity contribution in [1.82, 2.24) is 10.2 Å². The van der Waals surface area contributed by atoms with Crippen molar-refractivity contribution in [2.75, 3.05) is 26.2 Å². The van der Waals surface area contributed by atoms with Gasteiger partial charge in [0.2, 0.25) is 0 Å². The zero-order valence-corrected chi connectivity index (χ0v) is 16.2. The summed E-state index contributed by atoms with van der Waals surface area (Å²) in [7, 11) is 0. The Morgan fingerprint density at radius 3 is 2.57 bits per heavy atom. The van der Waals surface area contributed by atoms with Gasteiger partial charge in [0.15, 0.2) is 0 Å². The number of hydrogen-bond donors (Lipinski definition) is 1. The monoisotopic (exact) mass is 318 g/mol. The van der Waals surface area contributed by atoms with Crippen LogP contribution >= 0.6 is 0 Å². The van der Waals surface area contributed by atoms with Crippen LogP contribution in [-0.2, 0) is 0 Å². The molecule has 2 heteroatoms. The summed E-state index contributed by atoms with van der Waals surface area (Å²) in [6.07, 6.45) is 15.4. The van der Waals surface area contributed by atoms with Crippen LogP contribution in [0.4, 0.5) is 0 Å². The molecule has 0 aromatic rings. The highest BCUT2D eigenvalue weighted by Gasteiger charge is 2.19. The van der Waals surface area contributed by atoms with Crippen LogP contribution in [0.25, 0.3) is 0 Å². The first-order valence-corrected chi connectivity index (χ1v) is 9.25. The molecule has 1 heterocycles. The fraction of sp³-hybridized carbons (Fsp3) is 0.619. The molecular weight excluding hydrogens is 280 g/mol. The van der Waals surface area contributed by atoms with Gasteiger partial charge >= 0.3 is 0 Å². The lowest BCUT2D eigenvalue weighted by molar-refractivity contribution is 0.214. The van der Waals surface area contributed by atoms with Crippen molar-refractivity contribution in [2.24, 2.45) is 0 Å². The highest BCUT2D eigenvalue weighted by Crippen LogP contribution is 2.13. The average molecular weight is 319 g/mol. The van der Waals surface area contributed by atoms with E-state index >= 15 is 0 Å². The van der Waals surface area contributed by atoms with Crippen molar-refractivity contribution in [3.8, 4) is 0 Å². The summed E-state index contributed by atoms with van der Waals surface area (Å²) in [5.74, 6) is 0. The quantitative estimate of drug-likeness (QED) is 0.656. The first-order chi connectivity index (χ1) is 11.2. The van der Waals surface area contributed by atoms with Crippen LogP contribution in [0.1, 0.15) is 54.4 Å². The van der Waals surface area contributed by atoms with Crippen LogP contribution in [-0.4, -0.2) is 37.1 Å². The minimum atomic E-state index is 0.572. The minimum absolute atomic E-state index is 0.572. The van der Waals surface area contributed by atoms with Crippen molar-refractivity contribution in [3.05, 3.63) is 47.6 Å². The predicted molar refractivity (Wildman–Crippen MR) is 106 cm³/mol. The number of hydrogen-bond acceptors (Lipinski definition) is 2. The van der Waals surface area contributed by atoms with Gasteiger partial charge in [-0.3, -0.25) is 4.90 Å². The van der Waals surface area contributed by atoms with Crippen LogP contribution in [0.3, 0.4) is 0 Å². The Balaban J connectivity index is 0.00000232. The first-order valence-electron chi connectivity index (χ1n) is 9.25. The summed E-state index contributed by atoms with van der Waals surface area (Å²) < 4.78 is 0. The van der Waals surface area contributed by atoms with Crippen molar-refractivity contribution in [3.63, 3.8) is 0 Å². The molecule has 0 amide bonds. The zero-order valence-electron chi connectivity index (χ0n) is 16.2. The molecule has 1 N–H and O–H groups in total. The third-order valence-corrected chi connectivity index (χ3v) is 3.71. The molecule has 0 spiro atoms. The molecule has 2 nitrogen and oxygen atoms in total. The van der Waals surface area contributed by atoms with Crippen LogP contribution in [0, 0.1) is 0 Å². The van der Waals surface area contributed by atoms with E-state index in [1.165, 1.54) is 11.1 Å². The Bertz CT molecular complexity index is 402. The molecule has 0 aromatic carbocycles. The molecule has 1 aliphatic heterocycles. The Morgan fingerprint density at radius 1 is 1.22 bits per heavy atom. The van der Waals surface area contributed by atoms with Gasteiger partial charge in [-0.15, -0.1) is 0 Å². The van der Waals surface area contributed by atoms with Crippen LogP contribution < -0.4 is 5.32 Å². The largest absolute Gasteiger partial charge is 0.311 e. The highest BCUT2D eigenvalue weighted by molar-refractivity contribution is 5.20. The van der Waals surface area contributed by atoms with E-state index in [4.69, 9.17) is 0 Å². The van der Waals surface area contributed by atoms with E-state index in [9.17, 15) is 0 Å². The lowest BCUT2D eigenvalue weighted by Crippen LogP contribution is -2.51. The number of nitrogens with one attached hydrogen (secondary N) is 1. The standard InChI is InChI=1S/C19H32N2.C2H6/c1-5-8-11-17(4)15-21-13-12-20-19(16-21)14-18(9-6-2)10-7-3;1-2/h5-6,8-11,19-20H,7,12-16H2,1-4H3;1-2H3/b8-5-,9-6-,17-11+,18-10+;. The highest BCUT2D eigenvalue weighted by atomic mass is 15.2.